The first-order valence-electron chi connectivity index (χ1n) is 10.5. The van der Waals surface area contributed by atoms with Gasteiger partial charge in [0.05, 0.1) is 31.0 Å². The fourth-order valence-corrected chi connectivity index (χ4v) is 4.11. The van der Waals surface area contributed by atoms with E-state index in [0.717, 1.165) is 42.7 Å². The molecule has 2 aromatic heterocycles. The molecule has 0 saturated heterocycles. The summed E-state index contributed by atoms with van der Waals surface area (Å²) in [6, 6.07) is 6.21. The number of carbonyl (C=O) groups is 1. The van der Waals surface area contributed by atoms with Crippen molar-refractivity contribution in [2.75, 3.05) is 13.7 Å². The van der Waals surface area contributed by atoms with Gasteiger partial charge in [-0.05, 0) is 42.9 Å². The molecule has 2 heterocycles. The van der Waals surface area contributed by atoms with Crippen molar-refractivity contribution in [3.63, 3.8) is 0 Å². The first-order valence-corrected chi connectivity index (χ1v) is 10.5. The van der Waals surface area contributed by atoms with Gasteiger partial charge in [0.1, 0.15) is 0 Å². The third-order valence-electron chi connectivity index (χ3n) is 6.10. The van der Waals surface area contributed by atoms with Gasteiger partial charge in [-0.3, -0.25) is 9.48 Å². The van der Waals surface area contributed by atoms with Crippen LogP contribution in [-0.4, -0.2) is 39.5 Å². The maximum Gasteiger partial charge on any atom is 0.254 e. The predicted octanol–water partition coefficient (Wildman–Crippen LogP) is 3.26. The standard InChI is InChI=1S/C22H25N5O3/c1-29-10-9-27-13-17(12-23-27)21(28)24-19-8-6-15-11-16(5-7-18(15)19)20-25-22(30-26-20)14-3-2-4-14/h5,7,11-14,19H,2-4,6,8-10H2,1H3,(H,24,28)/t19-/m1/s1. The molecule has 1 fully saturated rings. The second kappa shape index (κ2) is 8.02. The van der Waals surface area contributed by atoms with Gasteiger partial charge in [0.15, 0.2) is 0 Å². The van der Waals surface area contributed by atoms with Gasteiger partial charge in [-0.25, -0.2) is 0 Å². The minimum atomic E-state index is -0.107. The highest BCUT2D eigenvalue weighted by atomic mass is 16.5. The Hall–Kier alpha value is -3.00. The molecule has 3 aromatic rings. The van der Waals surface area contributed by atoms with Crippen LogP contribution in [0.1, 0.15) is 65.0 Å². The van der Waals surface area contributed by atoms with Crippen LogP contribution in [0.5, 0.6) is 0 Å². The van der Waals surface area contributed by atoms with Gasteiger partial charge in [0.25, 0.3) is 5.91 Å². The Balaban J connectivity index is 1.27. The van der Waals surface area contributed by atoms with Crippen LogP contribution >= 0.6 is 0 Å². The molecule has 156 valence electrons. The van der Waals surface area contributed by atoms with E-state index in [1.165, 1.54) is 12.0 Å². The van der Waals surface area contributed by atoms with Crippen LogP contribution in [0.25, 0.3) is 11.4 Å². The molecule has 0 spiro atoms. The number of aryl methyl sites for hydroxylation is 1. The molecule has 5 rings (SSSR count). The van der Waals surface area contributed by atoms with Crippen molar-refractivity contribution in [2.24, 2.45) is 0 Å². The third kappa shape index (κ3) is 3.63. The first kappa shape index (κ1) is 19.0. The van der Waals surface area contributed by atoms with E-state index in [1.807, 2.05) is 6.07 Å². The number of rotatable bonds is 7. The Bertz CT molecular complexity index is 1050. The number of carbonyl (C=O) groups excluding carboxylic acids is 1. The number of hydrogen-bond acceptors (Lipinski definition) is 6. The second-order valence-corrected chi connectivity index (χ2v) is 8.05. The summed E-state index contributed by atoms with van der Waals surface area (Å²) < 4.78 is 12.2. The number of amides is 1. The zero-order valence-corrected chi connectivity index (χ0v) is 17.0. The van der Waals surface area contributed by atoms with Crippen LogP contribution in [-0.2, 0) is 17.7 Å². The van der Waals surface area contributed by atoms with Gasteiger partial charge >= 0.3 is 0 Å². The number of nitrogens with one attached hydrogen (secondary N) is 1. The van der Waals surface area contributed by atoms with Gasteiger partial charge in [0, 0.05) is 24.8 Å². The molecule has 30 heavy (non-hydrogen) atoms. The normalized spacial score (nSPS) is 18.2. The smallest absolute Gasteiger partial charge is 0.254 e. The molecule has 2 aliphatic rings. The Labute approximate surface area is 174 Å². The van der Waals surface area contributed by atoms with Crippen molar-refractivity contribution >= 4 is 5.91 Å². The topological polar surface area (TPSA) is 95.1 Å². The summed E-state index contributed by atoms with van der Waals surface area (Å²) in [6.45, 7) is 1.18. The van der Waals surface area contributed by atoms with Crippen molar-refractivity contribution in [1.29, 1.82) is 0 Å². The maximum atomic E-state index is 12.7. The highest BCUT2D eigenvalue weighted by Gasteiger charge is 2.28. The van der Waals surface area contributed by atoms with Gasteiger partial charge in [0.2, 0.25) is 11.7 Å². The van der Waals surface area contributed by atoms with Crippen molar-refractivity contribution in [3.05, 3.63) is 53.2 Å². The number of ether oxygens (including phenoxy) is 1. The zero-order valence-electron chi connectivity index (χ0n) is 17.0. The minimum absolute atomic E-state index is 0.000296. The van der Waals surface area contributed by atoms with Crippen LogP contribution < -0.4 is 5.32 Å². The van der Waals surface area contributed by atoms with Crippen molar-refractivity contribution in [3.8, 4) is 11.4 Å². The molecule has 0 radical (unpaired) electrons. The number of hydrogen-bond donors (Lipinski definition) is 1. The third-order valence-corrected chi connectivity index (χ3v) is 6.10. The van der Waals surface area contributed by atoms with E-state index in [1.54, 1.807) is 24.2 Å². The van der Waals surface area contributed by atoms with Gasteiger partial charge in [-0.2, -0.15) is 10.1 Å². The van der Waals surface area contributed by atoms with Gasteiger partial charge < -0.3 is 14.6 Å². The van der Waals surface area contributed by atoms with E-state index >= 15 is 0 Å². The predicted molar refractivity (Wildman–Crippen MR) is 109 cm³/mol. The van der Waals surface area contributed by atoms with Crippen molar-refractivity contribution in [2.45, 2.75) is 50.6 Å². The van der Waals surface area contributed by atoms with E-state index in [9.17, 15) is 4.79 Å². The summed E-state index contributed by atoms with van der Waals surface area (Å²) in [7, 11) is 1.64. The lowest BCUT2D eigenvalue weighted by Gasteiger charge is -2.20. The lowest BCUT2D eigenvalue weighted by Crippen LogP contribution is -2.26. The number of aromatic nitrogens is 4. The van der Waals surface area contributed by atoms with Crippen LogP contribution in [0, 0.1) is 0 Å². The van der Waals surface area contributed by atoms with E-state index in [0.29, 0.717) is 30.5 Å². The molecule has 1 amide bonds. The van der Waals surface area contributed by atoms with E-state index in [4.69, 9.17) is 9.26 Å². The Morgan fingerprint density at radius 1 is 1.33 bits per heavy atom. The molecule has 1 aromatic carbocycles. The molecule has 0 unspecified atom stereocenters. The zero-order chi connectivity index (χ0) is 20.5. The summed E-state index contributed by atoms with van der Waals surface area (Å²) in [5.74, 6) is 1.73. The first-order chi connectivity index (χ1) is 14.7. The summed E-state index contributed by atoms with van der Waals surface area (Å²) >= 11 is 0. The quantitative estimate of drug-likeness (QED) is 0.646. The molecule has 1 saturated carbocycles. The van der Waals surface area contributed by atoms with Crippen LogP contribution in [0.3, 0.4) is 0 Å². The van der Waals surface area contributed by atoms with Crippen LogP contribution in [0.15, 0.2) is 35.1 Å². The minimum Gasteiger partial charge on any atom is -0.383 e. The molecular weight excluding hydrogens is 382 g/mol. The summed E-state index contributed by atoms with van der Waals surface area (Å²) in [4.78, 5) is 17.3. The molecule has 1 N–H and O–H groups in total. The van der Waals surface area contributed by atoms with Gasteiger partial charge in [-0.15, -0.1) is 0 Å². The van der Waals surface area contributed by atoms with E-state index in [-0.39, 0.29) is 11.9 Å². The highest BCUT2D eigenvalue weighted by molar-refractivity contribution is 5.94. The van der Waals surface area contributed by atoms with Gasteiger partial charge in [-0.1, -0.05) is 23.7 Å². The fourth-order valence-electron chi connectivity index (χ4n) is 4.11. The molecule has 8 heteroatoms. The molecular formula is C22H25N5O3. The Morgan fingerprint density at radius 3 is 3.03 bits per heavy atom. The average Bonchev–Trinajstić information content (AvgIpc) is 3.45. The highest BCUT2D eigenvalue weighted by Crippen LogP contribution is 2.37. The van der Waals surface area contributed by atoms with E-state index in [2.05, 4.69) is 32.7 Å². The van der Waals surface area contributed by atoms with Crippen LogP contribution in [0.4, 0.5) is 0 Å². The maximum absolute atomic E-state index is 12.7. The summed E-state index contributed by atoms with van der Waals surface area (Å²) in [5.41, 5.74) is 3.91. The molecule has 8 nitrogen and oxygen atoms in total. The largest absolute Gasteiger partial charge is 0.383 e. The SMILES string of the molecule is COCCn1cc(C(=O)N[C@@H]2CCc3cc(-c4noc(C5CCC5)n4)ccc32)cn1. The van der Waals surface area contributed by atoms with Crippen molar-refractivity contribution < 1.29 is 14.1 Å². The monoisotopic (exact) mass is 407 g/mol. The van der Waals surface area contributed by atoms with E-state index < -0.39 is 0 Å². The number of nitrogens with zero attached hydrogens (tertiary/aromatic N) is 4. The summed E-state index contributed by atoms with van der Waals surface area (Å²) in [5, 5.41) is 11.5. The lowest BCUT2D eigenvalue weighted by molar-refractivity contribution is 0.0936. The molecule has 2 aliphatic carbocycles. The number of benzene rings is 1. The van der Waals surface area contributed by atoms with Crippen LogP contribution in [0.2, 0.25) is 0 Å². The molecule has 1 atom stereocenters. The second-order valence-electron chi connectivity index (χ2n) is 8.05. The summed E-state index contributed by atoms with van der Waals surface area (Å²) in [6.07, 6.45) is 8.65. The average molecular weight is 407 g/mol. The number of methoxy groups -OCH3 is 1. The number of fused-ring (bicyclic) bond motifs is 1. The van der Waals surface area contributed by atoms with Crippen molar-refractivity contribution in [1.82, 2.24) is 25.2 Å². The lowest BCUT2D eigenvalue weighted by atomic mass is 9.85. The Morgan fingerprint density at radius 2 is 2.23 bits per heavy atom. The molecule has 0 bridgehead atoms. The Kier molecular flexibility index (Phi) is 5.08. The molecule has 0 aliphatic heterocycles. The fraction of sp³-hybridized carbons (Fsp3) is 0.455.